The SMILES string of the molecule is CCC(N)Cc1cc(C)nc(C2CCOCC2)n1. The van der Waals surface area contributed by atoms with Gasteiger partial charge in [-0.05, 0) is 32.3 Å². The summed E-state index contributed by atoms with van der Waals surface area (Å²) in [6, 6.07) is 2.25. The molecule has 18 heavy (non-hydrogen) atoms. The molecule has 4 heteroatoms. The number of rotatable bonds is 4. The fourth-order valence-corrected chi connectivity index (χ4v) is 2.31. The quantitative estimate of drug-likeness (QED) is 0.886. The van der Waals surface area contributed by atoms with Crippen LogP contribution < -0.4 is 5.73 Å². The van der Waals surface area contributed by atoms with Crippen molar-refractivity contribution in [2.75, 3.05) is 13.2 Å². The minimum atomic E-state index is 0.196. The molecule has 0 aliphatic carbocycles. The van der Waals surface area contributed by atoms with Crippen molar-refractivity contribution in [3.63, 3.8) is 0 Å². The standard InChI is InChI=1S/C14H23N3O/c1-3-12(15)9-13-8-10(2)16-14(17-13)11-4-6-18-7-5-11/h8,11-12H,3-7,9,15H2,1-2H3. The third-order valence-electron chi connectivity index (χ3n) is 3.51. The van der Waals surface area contributed by atoms with E-state index in [0.29, 0.717) is 5.92 Å². The van der Waals surface area contributed by atoms with Crippen LogP contribution in [0.2, 0.25) is 0 Å². The highest BCUT2D eigenvalue weighted by molar-refractivity contribution is 5.13. The second-order valence-electron chi connectivity index (χ2n) is 5.12. The maximum Gasteiger partial charge on any atom is 0.132 e. The highest BCUT2D eigenvalue weighted by atomic mass is 16.5. The van der Waals surface area contributed by atoms with E-state index in [4.69, 9.17) is 15.5 Å². The molecule has 1 saturated heterocycles. The fraction of sp³-hybridized carbons (Fsp3) is 0.714. The maximum atomic E-state index is 6.00. The third-order valence-corrected chi connectivity index (χ3v) is 3.51. The van der Waals surface area contributed by atoms with Crippen LogP contribution in [-0.2, 0) is 11.2 Å². The molecule has 0 radical (unpaired) electrons. The summed E-state index contributed by atoms with van der Waals surface area (Å²) in [7, 11) is 0. The fourth-order valence-electron chi connectivity index (χ4n) is 2.31. The zero-order valence-electron chi connectivity index (χ0n) is 11.4. The van der Waals surface area contributed by atoms with Crippen molar-refractivity contribution in [3.05, 3.63) is 23.3 Å². The molecule has 1 aromatic heterocycles. The van der Waals surface area contributed by atoms with Gasteiger partial charge in [-0.2, -0.15) is 0 Å². The molecular weight excluding hydrogens is 226 g/mol. The molecule has 0 saturated carbocycles. The summed E-state index contributed by atoms with van der Waals surface area (Å²) in [6.45, 7) is 5.79. The summed E-state index contributed by atoms with van der Waals surface area (Å²) in [4.78, 5) is 9.28. The molecule has 1 unspecified atom stereocenters. The van der Waals surface area contributed by atoms with Crippen molar-refractivity contribution in [1.82, 2.24) is 9.97 Å². The summed E-state index contributed by atoms with van der Waals surface area (Å²) in [6.07, 6.45) is 3.89. The van der Waals surface area contributed by atoms with Crippen molar-refractivity contribution >= 4 is 0 Å². The van der Waals surface area contributed by atoms with Gasteiger partial charge in [-0.15, -0.1) is 0 Å². The van der Waals surface area contributed by atoms with Gasteiger partial charge in [0.05, 0.1) is 0 Å². The number of ether oxygens (including phenoxy) is 1. The van der Waals surface area contributed by atoms with Crippen LogP contribution in [0.4, 0.5) is 0 Å². The molecule has 0 spiro atoms. The second-order valence-corrected chi connectivity index (χ2v) is 5.12. The van der Waals surface area contributed by atoms with E-state index in [2.05, 4.69) is 18.0 Å². The number of nitrogens with two attached hydrogens (primary N) is 1. The van der Waals surface area contributed by atoms with Crippen LogP contribution in [0.15, 0.2) is 6.07 Å². The van der Waals surface area contributed by atoms with Crippen molar-refractivity contribution in [1.29, 1.82) is 0 Å². The van der Waals surface area contributed by atoms with E-state index in [9.17, 15) is 0 Å². The average Bonchev–Trinajstić information content (AvgIpc) is 2.39. The molecule has 2 N–H and O–H groups in total. The first kappa shape index (κ1) is 13.4. The summed E-state index contributed by atoms with van der Waals surface area (Å²) < 4.78 is 5.39. The lowest BCUT2D eigenvalue weighted by molar-refractivity contribution is 0.0835. The van der Waals surface area contributed by atoms with Crippen LogP contribution in [0.25, 0.3) is 0 Å². The molecule has 0 bridgehead atoms. The van der Waals surface area contributed by atoms with Crippen LogP contribution in [0, 0.1) is 6.92 Å². The van der Waals surface area contributed by atoms with Crippen LogP contribution in [0.3, 0.4) is 0 Å². The lowest BCUT2D eigenvalue weighted by Crippen LogP contribution is -2.23. The normalized spacial score (nSPS) is 18.8. The first-order chi connectivity index (χ1) is 8.69. The van der Waals surface area contributed by atoms with Gasteiger partial charge in [0.2, 0.25) is 0 Å². The van der Waals surface area contributed by atoms with Gasteiger partial charge in [-0.3, -0.25) is 0 Å². The Kier molecular flexibility index (Phi) is 4.66. The molecule has 100 valence electrons. The first-order valence-electron chi connectivity index (χ1n) is 6.86. The molecule has 4 nitrogen and oxygen atoms in total. The lowest BCUT2D eigenvalue weighted by atomic mass is 9.99. The van der Waals surface area contributed by atoms with Crippen LogP contribution in [0.5, 0.6) is 0 Å². The molecule has 2 rings (SSSR count). The number of hydrogen-bond acceptors (Lipinski definition) is 4. The Bertz CT molecular complexity index is 389. The zero-order valence-corrected chi connectivity index (χ0v) is 11.4. The lowest BCUT2D eigenvalue weighted by Gasteiger charge is -2.21. The van der Waals surface area contributed by atoms with E-state index in [0.717, 1.165) is 56.1 Å². The Morgan fingerprint density at radius 1 is 1.39 bits per heavy atom. The van der Waals surface area contributed by atoms with Crippen molar-refractivity contribution in [2.45, 2.75) is 51.5 Å². The number of nitrogens with zero attached hydrogens (tertiary/aromatic N) is 2. The monoisotopic (exact) mass is 249 g/mol. The van der Waals surface area contributed by atoms with Gasteiger partial charge in [0, 0.05) is 43.0 Å². The number of hydrogen-bond donors (Lipinski definition) is 1. The largest absolute Gasteiger partial charge is 0.381 e. The van der Waals surface area contributed by atoms with Gasteiger partial charge in [0.25, 0.3) is 0 Å². The third kappa shape index (κ3) is 3.50. The Labute approximate surface area is 109 Å². The van der Waals surface area contributed by atoms with Crippen molar-refractivity contribution in [3.8, 4) is 0 Å². The Balaban J connectivity index is 2.14. The summed E-state index contributed by atoms with van der Waals surface area (Å²) in [5, 5.41) is 0. The molecule has 1 atom stereocenters. The maximum absolute atomic E-state index is 6.00. The van der Waals surface area contributed by atoms with E-state index in [1.54, 1.807) is 0 Å². The van der Waals surface area contributed by atoms with Gasteiger partial charge in [0.15, 0.2) is 0 Å². The van der Waals surface area contributed by atoms with Gasteiger partial charge in [-0.25, -0.2) is 9.97 Å². The van der Waals surface area contributed by atoms with E-state index in [-0.39, 0.29) is 6.04 Å². The summed E-state index contributed by atoms with van der Waals surface area (Å²) >= 11 is 0. The van der Waals surface area contributed by atoms with E-state index >= 15 is 0 Å². The highest BCUT2D eigenvalue weighted by Crippen LogP contribution is 2.24. The van der Waals surface area contributed by atoms with Crippen molar-refractivity contribution < 1.29 is 4.74 Å². The minimum absolute atomic E-state index is 0.196. The molecular formula is C14H23N3O. The van der Waals surface area contributed by atoms with Gasteiger partial charge >= 0.3 is 0 Å². The predicted octanol–water partition coefficient (Wildman–Crippen LogP) is 1.96. The second kappa shape index (κ2) is 6.25. The number of aryl methyl sites for hydroxylation is 1. The smallest absolute Gasteiger partial charge is 0.132 e. The Morgan fingerprint density at radius 2 is 2.11 bits per heavy atom. The molecule has 1 aliphatic heterocycles. The molecule has 1 aromatic rings. The van der Waals surface area contributed by atoms with Gasteiger partial charge < -0.3 is 10.5 Å². The summed E-state index contributed by atoms with van der Waals surface area (Å²) in [5.41, 5.74) is 8.13. The van der Waals surface area contributed by atoms with Gasteiger partial charge in [0.1, 0.15) is 5.82 Å². The minimum Gasteiger partial charge on any atom is -0.381 e. The van der Waals surface area contributed by atoms with Gasteiger partial charge in [-0.1, -0.05) is 6.92 Å². The average molecular weight is 249 g/mol. The summed E-state index contributed by atoms with van der Waals surface area (Å²) in [5.74, 6) is 1.44. The van der Waals surface area contributed by atoms with Crippen molar-refractivity contribution in [2.24, 2.45) is 5.73 Å². The molecule has 1 fully saturated rings. The predicted molar refractivity (Wildman–Crippen MR) is 71.5 cm³/mol. The molecule has 0 aromatic carbocycles. The number of aromatic nitrogens is 2. The van der Waals surface area contributed by atoms with E-state index < -0.39 is 0 Å². The Morgan fingerprint density at radius 3 is 2.78 bits per heavy atom. The van der Waals surface area contributed by atoms with Crippen LogP contribution in [0.1, 0.15) is 49.3 Å². The molecule has 0 amide bonds. The molecule has 2 heterocycles. The Hall–Kier alpha value is -1.00. The highest BCUT2D eigenvalue weighted by Gasteiger charge is 2.19. The van der Waals surface area contributed by atoms with Crippen LogP contribution in [-0.4, -0.2) is 29.2 Å². The molecule has 1 aliphatic rings. The van der Waals surface area contributed by atoms with Crippen LogP contribution >= 0.6 is 0 Å². The topological polar surface area (TPSA) is 61.0 Å². The van der Waals surface area contributed by atoms with E-state index in [1.165, 1.54) is 0 Å². The first-order valence-corrected chi connectivity index (χ1v) is 6.86. The van der Waals surface area contributed by atoms with E-state index in [1.807, 2.05) is 6.92 Å². The zero-order chi connectivity index (χ0) is 13.0.